The summed E-state index contributed by atoms with van der Waals surface area (Å²) in [6.45, 7) is 0.804. The quantitative estimate of drug-likeness (QED) is 0.737. The van der Waals surface area contributed by atoms with Gasteiger partial charge in [0.25, 0.3) is 0 Å². The lowest BCUT2D eigenvalue weighted by atomic mass is 10.3. The van der Waals surface area contributed by atoms with Crippen LogP contribution in [-0.2, 0) is 10.0 Å². The van der Waals surface area contributed by atoms with Crippen molar-refractivity contribution in [1.29, 1.82) is 0 Å². The van der Waals surface area contributed by atoms with Crippen LogP contribution >= 0.6 is 23.1 Å². The number of nitrogens with one attached hydrogen (secondary N) is 1. The number of thioether (sulfide) groups is 1. The molecule has 1 heterocycles. The molecule has 0 radical (unpaired) electrons. The zero-order valence-corrected chi connectivity index (χ0v) is 11.4. The van der Waals surface area contributed by atoms with Crippen LogP contribution in [0.25, 0.3) is 0 Å². The van der Waals surface area contributed by atoms with E-state index in [4.69, 9.17) is 5.14 Å². The van der Waals surface area contributed by atoms with Crippen molar-refractivity contribution < 1.29 is 8.42 Å². The van der Waals surface area contributed by atoms with Crippen molar-refractivity contribution in [2.24, 2.45) is 5.14 Å². The number of sulfonamides is 1. The highest BCUT2D eigenvalue weighted by atomic mass is 32.2. The summed E-state index contributed by atoms with van der Waals surface area (Å²) in [4.78, 5) is 3.94. The highest BCUT2D eigenvalue weighted by Crippen LogP contribution is 2.21. The summed E-state index contributed by atoms with van der Waals surface area (Å²) in [6.07, 6.45) is 5.55. The van der Waals surface area contributed by atoms with Gasteiger partial charge in [-0.1, -0.05) is 11.3 Å². The molecular formula is C8H15N3O2S3. The van der Waals surface area contributed by atoms with Gasteiger partial charge in [0.05, 0.1) is 6.20 Å². The second kappa shape index (κ2) is 6.43. The van der Waals surface area contributed by atoms with Crippen LogP contribution in [-0.4, -0.2) is 32.0 Å². The molecule has 0 saturated heterocycles. The molecule has 16 heavy (non-hydrogen) atoms. The van der Waals surface area contributed by atoms with Gasteiger partial charge in [-0.3, -0.25) is 0 Å². The molecule has 0 aliphatic heterocycles. The maximum atomic E-state index is 11.0. The smallest absolute Gasteiger partial charge is 0.249 e. The van der Waals surface area contributed by atoms with E-state index in [2.05, 4.69) is 16.6 Å². The monoisotopic (exact) mass is 281 g/mol. The number of unbranched alkanes of at least 4 members (excludes halogenated alkanes) is 1. The Labute approximate surface area is 104 Å². The van der Waals surface area contributed by atoms with Gasteiger partial charge in [-0.2, -0.15) is 11.8 Å². The van der Waals surface area contributed by atoms with E-state index in [1.54, 1.807) is 0 Å². The Bertz CT molecular complexity index is 416. The summed E-state index contributed by atoms with van der Waals surface area (Å²) in [5.74, 6) is 1.14. The number of thiazole rings is 1. The Hall–Kier alpha value is -0.310. The lowest BCUT2D eigenvalue weighted by Crippen LogP contribution is -2.09. The molecule has 92 valence electrons. The Kier molecular flexibility index (Phi) is 5.53. The molecule has 0 amide bonds. The molecule has 0 atom stereocenters. The number of nitrogens with zero attached hydrogens (tertiary/aromatic N) is 1. The lowest BCUT2D eigenvalue weighted by Gasteiger charge is -2.00. The molecule has 0 saturated carbocycles. The van der Waals surface area contributed by atoms with Crippen molar-refractivity contribution in [2.75, 3.05) is 23.9 Å². The molecule has 0 fully saturated rings. The van der Waals surface area contributed by atoms with Crippen LogP contribution in [0.15, 0.2) is 10.4 Å². The highest BCUT2D eigenvalue weighted by molar-refractivity contribution is 7.98. The summed E-state index contributed by atoms with van der Waals surface area (Å²) >= 11 is 2.88. The van der Waals surface area contributed by atoms with E-state index in [0.717, 1.165) is 36.5 Å². The molecule has 0 unspecified atom stereocenters. The first-order chi connectivity index (χ1) is 7.54. The van der Waals surface area contributed by atoms with Crippen molar-refractivity contribution in [2.45, 2.75) is 17.1 Å². The van der Waals surface area contributed by atoms with Gasteiger partial charge in [-0.25, -0.2) is 18.5 Å². The van der Waals surface area contributed by atoms with Gasteiger partial charge in [-0.15, -0.1) is 0 Å². The number of primary sulfonamides is 1. The van der Waals surface area contributed by atoms with Gasteiger partial charge in [0.15, 0.2) is 9.34 Å². The number of anilines is 1. The normalized spacial score (nSPS) is 11.6. The first-order valence-corrected chi connectivity index (χ1v) is 8.51. The minimum absolute atomic E-state index is 0.0964. The zero-order valence-electron chi connectivity index (χ0n) is 8.97. The number of aromatic nitrogens is 1. The number of hydrogen-bond donors (Lipinski definition) is 2. The molecule has 0 spiro atoms. The Morgan fingerprint density at radius 1 is 1.56 bits per heavy atom. The summed E-state index contributed by atoms with van der Waals surface area (Å²) in [6, 6.07) is 0. The zero-order chi connectivity index (χ0) is 12.0. The third kappa shape index (κ3) is 4.69. The van der Waals surface area contributed by atoms with Crippen LogP contribution in [0.2, 0.25) is 0 Å². The van der Waals surface area contributed by atoms with Crippen LogP contribution in [0.3, 0.4) is 0 Å². The molecule has 1 aromatic rings. The third-order valence-corrected chi connectivity index (χ3v) is 4.88. The standard InChI is InChI=1S/C8H15N3O2S3/c1-14-5-3-2-4-10-8-11-6-7(15-8)16(9,12)13/h6H,2-5H2,1H3,(H,10,11)(H2,9,12,13). The molecule has 1 aromatic heterocycles. The molecule has 0 aromatic carbocycles. The van der Waals surface area contributed by atoms with Crippen LogP contribution in [0, 0.1) is 0 Å². The summed E-state index contributed by atoms with van der Waals surface area (Å²) in [5.41, 5.74) is 0. The minimum atomic E-state index is -3.61. The second-order valence-corrected chi connectivity index (χ2v) is 6.96. The fourth-order valence-corrected chi connectivity index (χ4v) is 3.01. The van der Waals surface area contributed by atoms with E-state index in [1.807, 2.05) is 11.8 Å². The molecule has 0 aliphatic carbocycles. The number of nitrogens with two attached hydrogens (primary N) is 1. The third-order valence-electron chi connectivity index (χ3n) is 1.82. The second-order valence-electron chi connectivity index (χ2n) is 3.16. The van der Waals surface area contributed by atoms with E-state index >= 15 is 0 Å². The maximum absolute atomic E-state index is 11.0. The van der Waals surface area contributed by atoms with Gasteiger partial charge in [0.1, 0.15) is 0 Å². The minimum Gasteiger partial charge on any atom is -0.361 e. The fraction of sp³-hybridized carbons (Fsp3) is 0.625. The van der Waals surface area contributed by atoms with Crippen molar-refractivity contribution in [3.8, 4) is 0 Å². The van der Waals surface area contributed by atoms with Crippen molar-refractivity contribution in [3.05, 3.63) is 6.20 Å². The molecule has 8 heteroatoms. The maximum Gasteiger partial charge on any atom is 0.249 e. The molecule has 1 rings (SSSR count). The van der Waals surface area contributed by atoms with Crippen molar-refractivity contribution in [3.63, 3.8) is 0 Å². The van der Waals surface area contributed by atoms with Gasteiger partial charge >= 0.3 is 0 Å². The molecule has 3 N–H and O–H groups in total. The molecule has 5 nitrogen and oxygen atoms in total. The predicted molar refractivity (Wildman–Crippen MR) is 69.6 cm³/mol. The summed E-state index contributed by atoms with van der Waals surface area (Å²) in [5, 5.41) is 8.66. The summed E-state index contributed by atoms with van der Waals surface area (Å²) in [7, 11) is -3.61. The van der Waals surface area contributed by atoms with E-state index in [1.165, 1.54) is 6.20 Å². The van der Waals surface area contributed by atoms with Gasteiger partial charge in [-0.05, 0) is 24.9 Å². The van der Waals surface area contributed by atoms with E-state index in [0.29, 0.717) is 5.13 Å². The van der Waals surface area contributed by atoms with E-state index in [9.17, 15) is 8.42 Å². The van der Waals surface area contributed by atoms with Gasteiger partial charge in [0, 0.05) is 6.54 Å². The van der Waals surface area contributed by atoms with Crippen LogP contribution < -0.4 is 10.5 Å². The van der Waals surface area contributed by atoms with Gasteiger partial charge in [0.2, 0.25) is 10.0 Å². The Balaban J connectivity index is 2.36. The van der Waals surface area contributed by atoms with E-state index < -0.39 is 10.0 Å². The van der Waals surface area contributed by atoms with Crippen LogP contribution in [0.1, 0.15) is 12.8 Å². The topological polar surface area (TPSA) is 85.1 Å². The first kappa shape index (κ1) is 13.8. The summed E-state index contributed by atoms with van der Waals surface area (Å²) < 4.78 is 22.1. The average Bonchev–Trinajstić information content (AvgIpc) is 2.65. The first-order valence-electron chi connectivity index (χ1n) is 4.75. The highest BCUT2D eigenvalue weighted by Gasteiger charge is 2.11. The largest absolute Gasteiger partial charge is 0.361 e. The Morgan fingerprint density at radius 2 is 2.31 bits per heavy atom. The predicted octanol–water partition coefficient (Wildman–Crippen LogP) is 1.35. The number of hydrogen-bond acceptors (Lipinski definition) is 6. The lowest BCUT2D eigenvalue weighted by molar-refractivity contribution is 0.599. The average molecular weight is 281 g/mol. The fourth-order valence-electron chi connectivity index (χ4n) is 1.04. The van der Waals surface area contributed by atoms with Crippen LogP contribution in [0.5, 0.6) is 0 Å². The van der Waals surface area contributed by atoms with Crippen molar-refractivity contribution in [1.82, 2.24) is 4.98 Å². The van der Waals surface area contributed by atoms with Crippen LogP contribution in [0.4, 0.5) is 5.13 Å². The molecule has 0 aliphatic rings. The van der Waals surface area contributed by atoms with Gasteiger partial charge < -0.3 is 5.32 Å². The molecular weight excluding hydrogens is 266 g/mol. The number of rotatable bonds is 7. The Morgan fingerprint density at radius 3 is 2.88 bits per heavy atom. The van der Waals surface area contributed by atoms with E-state index in [-0.39, 0.29) is 4.21 Å². The van der Waals surface area contributed by atoms with Crippen molar-refractivity contribution >= 4 is 38.3 Å². The molecule has 0 bridgehead atoms. The SMILES string of the molecule is CSCCCCNc1ncc(S(N)(=O)=O)s1.